The molecular weight excluding hydrogens is 152 g/mol. The molecule has 2 heteroatoms. The first-order chi connectivity index (χ1) is 5.72. The molecule has 0 spiro atoms. The molecule has 0 amide bonds. The number of hydrogen-bond donors (Lipinski definition) is 1. The van der Waals surface area contributed by atoms with E-state index >= 15 is 0 Å². The van der Waals surface area contributed by atoms with Crippen molar-refractivity contribution in [2.45, 2.75) is 19.8 Å². The third kappa shape index (κ3) is 4.35. The highest BCUT2D eigenvalue weighted by Crippen LogP contribution is 1.95. The van der Waals surface area contributed by atoms with Gasteiger partial charge in [-0.1, -0.05) is 19.9 Å². The molecule has 2 nitrogen and oxygen atoms in total. The first-order valence-corrected chi connectivity index (χ1v) is 3.76. The third-order valence-corrected chi connectivity index (χ3v) is 1.17. The van der Waals surface area contributed by atoms with Gasteiger partial charge in [-0.2, -0.15) is 0 Å². The van der Waals surface area contributed by atoms with Crippen LogP contribution in [0.1, 0.15) is 19.8 Å². The molecule has 0 aliphatic heterocycles. The van der Waals surface area contributed by atoms with Crippen molar-refractivity contribution < 1.29 is 9.90 Å². The predicted octanol–water partition coefficient (Wildman–Crippen LogP) is 2.29. The SMILES string of the molecule is C=C=CC(=C=CCCC)C(=O)O. The topological polar surface area (TPSA) is 37.3 Å². The molecule has 0 fully saturated rings. The second kappa shape index (κ2) is 6.23. The van der Waals surface area contributed by atoms with Crippen molar-refractivity contribution in [3.63, 3.8) is 0 Å². The van der Waals surface area contributed by atoms with Crippen LogP contribution in [0.5, 0.6) is 0 Å². The van der Waals surface area contributed by atoms with E-state index in [0.29, 0.717) is 0 Å². The number of unbranched alkanes of at least 4 members (excludes halogenated alkanes) is 1. The maximum absolute atomic E-state index is 10.5. The summed E-state index contributed by atoms with van der Waals surface area (Å²) < 4.78 is 0. The fraction of sp³-hybridized carbons (Fsp3) is 0.300. The van der Waals surface area contributed by atoms with Gasteiger partial charge in [-0.05, 0) is 12.5 Å². The predicted molar refractivity (Wildman–Crippen MR) is 47.8 cm³/mol. The van der Waals surface area contributed by atoms with Crippen LogP contribution in [0.25, 0.3) is 0 Å². The zero-order valence-corrected chi connectivity index (χ0v) is 7.13. The van der Waals surface area contributed by atoms with Gasteiger partial charge in [0.25, 0.3) is 0 Å². The summed E-state index contributed by atoms with van der Waals surface area (Å²) in [4.78, 5) is 10.5. The Morgan fingerprint density at radius 1 is 1.67 bits per heavy atom. The fourth-order valence-corrected chi connectivity index (χ4v) is 0.594. The normalized spacial score (nSPS) is 7.75. The maximum Gasteiger partial charge on any atom is 0.344 e. The molecule has 0 saturated carbocycles. The van der Waals surface area contributed by atoms with Crippen molar-refractivity contribution >= 4 is 5.97 Å². The smallest absolute Gasteiger partial charge is 0.344 e. The molecule has 0 unspecified atom stereocenters. The molecular formula is C10H12O2. The molecule has 0 aliphatic rings. The summed E-state index contributed by atoms with van der Waals surface area (Å²) in [7, 11) is 0. The molecule has 1 N–H and O–H groups in total. The average molecular weight is 164 g/mol. The van der Waals surface area contributed by atoms with Crippen molar-refractivity contribution in [1.29, 1.82) is 0 Å². The molecule has 0 aromatic heterocycles. The van der Waals surface area contributed by atoms with Gasteiger partial charge >= 0.3 is 5.97 Å². The molecule has 12 heavy (non-hydrogen) atoms. The van der Waals surface area contributed by atoms with Crippen LogP contribution in [0.2, 0.25) is 0 Å². The minimum Gasteiger partial charge on any atom is -0.477 e. The van der Waals surface area contributed by atoms with Crippen LogP contribution < -0.4 is 0 Å². The average Bonchev–Trinajstić information content (AvgIpc) is 2.03. The summed E-state index contributed by atoms with van der Waals surface area (Å²) in [5.41, 5.74) is 5.15. The highest BCUT2D eigenvalue weighted by Gasteiger charge is 1.99. The number of carboxylic acids is 1. The van der Waals surface area contributed by atoms with Gasteiger partial charge in [-0.3, -0.25) is 0 Å². The van der Waals surface area contributed by atoms with Gasteiger partial charge in [0.1, 0.15) is 5.57 Å². The van der Waals surface area contributed by atoms with Gasteiger partial charge in [0, 0.05) is 6.08 Å². The number of rotatable bonds is 4. The molecule has 0 aliphatic carbocycles. The zero-order chi connectivity index (χ0) is 9.40. The van der Waals surface area contributed by atoms with Crippen LogP contribution in [-0.2, 0) is 4.79 Å². The Morgan fingerprint density at radius 2 is 2.33 bits per heavy atom. The largest absolute Gasteiger partial charge is 0.477 e. The van der Waals surface area contributed by atoms with Crippen LogP contribution in [0.4, 0.5) is 0 Å². The van der Waals surface area contributed by atoms with Crippen LogP contribution in [0.3, 0.4) is 0 Å². The Morgan fingerprint density at radius 3 is 2.75 bits per heavy atom. The van der Waals surface area contributed by atoms with E-state index in [4.69, 9.17) is 5.11 Å². The van der Waals surface area contributed by atoms with E-state index < -0.39 is 5.97 Å². The number of carbonyl (C=O) groups is 1. The molecule has 64 valence electrons. The van der Waals surface area contributed by atoms with Gasteiger partial charge in [-0.25, -0.2) is 4.79 Å². The lowest BCUT2D eigenvalue weighted by Crippen LogP contribution is -1.95. The Bertz CT molecular complexity index is 258. The fourth-order valence-electron chi connectivity index (χ4n) is 0.594. The Kier molecular flexibility index (Phi) is 5.46. The highest BCUT2D eigenvalue weighted by atomic mass is 16.4. The Balaban J connectivity index is 4.60. The van der Waals surface area contributed by atoms with Crippen molar-refractivity contribution in [1.82, 2.24) is 0 Å². The summed E-state index contributed by atoms with van der Waals surface area (Å²) in [6, 6.07) is 0. The van der Waals surface area contributed by atoms with Crippen molar-refractivity contribution in [2.24, 2.45) is 0 Å². The van der Waals surface area contributed by atoms with Crippen LogP contribution >= 0.6 is 0 Å². The summed E-state index contributed by atoms with van der Waals surface area (Å²) >= 11 is 0. The molecule has 0 bridgehead atoms. The highest BCUT2D eigenvalue weighted by molar-refractivity contribution is 5.89. The first-order valence-electron chi connectivity index (χ1n) is 3.76. The number of hydrogen-bond acceptors (Lipinski definition) is 1. The van der Waals surface area contributed by atoms with Crippen molar-refractivity contribution in [3.05, 3.63) is 35.8 Å². The molecule has 0 saturated heterocycles. The quantitative estimate of drug-likeness (QED) is 0.393. The van der Waals surface area contributed by atoms with Gasteiger partial charge < -0.3 is 5.11 Å². The zero-order valence-electron chi connectivity index (χ0n) is 7.13. The summed E-state index contributed by atoms with van der Waals surface area (Å²) in [6.45, 7) is 5.31. The Hall–Kier alpha value is -1.49. The second-order valence-electron chi connectivity index (χ2n) is 2.20. The van der Waals surface area contributed by atoms with E-state index in [1.54, 1.807) is 6.08 Å². The minimum atomic E-state index is -1.00. The Labute approximate surface area is 72.2 Å². The van der Waals surface area contributed by atoms with E-state index in [1.807, 2.05) is 6.92 Å². The lowest BCUT2D eigenvalue weighted by atomic mass is 10.2. The van der Waals surface area contributed by atoms with Crippen LogP contribution in [0, 0.1) is 0 Å². The van der Waals surface area contributed by atoms with E-state index in [1.165, 1.54) is 6.08 Å². The van der Waals surface area contributed by atoms with Crippen LogP contribution in [0.15, 0.2) is 35.8 Å². The standard InChI is InChI=1S/C10H12O2/c1-3-5-6-8-9(7-4-2)10(11)12/h6-7H,2-3,5H2,1H3,(H,11,12). The minimum absolute atomic E-state index is 0.0958. The third-order valence-electron chi connectivity index (χ3n) is 1.17. The monoisotopic (exact) mass is 164 g/mol. The summed E-state index contributed by atoms with van der Waals surface area (Å²) in [5.74, 6) is -1.00. The first kappa shape index (κ1) is 10.5. The molecule has 0 heterocycles. The summed E-state index contributed by atoms with van der Waals surface area (Å²) in [6.07, 6.45) is 4.82. The maximum atomic E-state index is 10.5. The molecule has 0 aromatic rings. The van der Waals surface area contributed by atoms with Gasteiger partial charge in [-0.15, -0.1) is 11.5 Å². The van der Waals surface area contributed by atoms with E-state index in [2.05, 4.69) is 18.0 Å². The lowest BCUT2D eigenvalue weighted by molar-refractivity contribution is -0.132. The van der Waals surface area contributed by atoms with Gasteiger partial charge in [0.15, 0.2) is 0 Å². The molecule has 0 rings (SSSR count). The van der Waals surface area contributed by atoms with Crippen LogP contribution in [-0.4, -0.2) is 11.1 Å². The molecule has 0 radical (unpaired) electrons. The van der Waals surface area contributed by atoms with E-state index in [9.17, 15) is 4.79 Å². The molecule has 0 aromatic carbocycles. The van der Waals surface area contributed by atoms with Gasteiger partial charge in [0.05, 0.1) is 0 Å². The number of aliphatic carboxylic acids is 1. The summed E-state index contributed by atoms with van der Waals surface area (Å²) in [5, 5.41) is 8.59. The van der Waals surface area contributed by atoms with E-state index in [0.717, 1.165) is 12.8 Å². The van der Waals surface area contributed by atoms with E-state index in [-0.39, 0.29) is 5.57 Å². The van der Waals surface area contributed by atoms with Gasteiger partial charge in [0.2, 0.25) is 0 Å². The lowest BCUT2D eigenvalue weighted by Gasteiger charge is -1.85. The second-order valence-corrected chi connectivity index (χ2v) is 2.20. The van der Waals surface area contributed by atoms with Crippen molar-refractivity contribution in [3.8, 4) is 0 Å². The number of carboxylic acid groups (broad SMARTS) is 1. The van der Waals surface area contributed by atoms with Crippen molar-refractivity contribution in [2.75, 3.05) is 0 Å². The molecule has 0 atom stereocenters.